The third-order valence-electron chi connectivity index (χ3n) is 7.45. The highest BCUT2D eigenvalue weighted by Crippen LogP contribution is 2.37. The van der Waals surface area contributed by atoms with Gasteiger partial charge in [-0.2, -0.15) is 9.40 Å². The van der Waals surface area contributed by atoms with Gasteiger partial charge in [-0.3, -0.25) is 0 Å². The Morgan fingerprint density at radius 2 is 1.92 bits per heavy atom. The van der Waals surface area contributed by atoms with E-state index < -0.39 is 10.0 Å². The van der Waals surface area contributed by atoms with Gasteiger partial charge < -0.3 is 14.2 Å². The van der Waals surface area contributed by atoms with Crippen molar-refractivity contribution in [2.24, 2.45) is 0 Å². The Morgan fingerprint density at radius 3 is 2.72 bits per heavy atom. The van der Waals surface area contributed by atoms with Gasteiger partial charge in [0.15, 0.2) is 5.82 Å². The SMILES string of the molecule is CC(C)n1ncnc1-c1cn2c(n1)-c1cc(S(=O)(=O)N3CCCC3CN3CCCC3)ccc1OCC2. The molecule has 0 spiro atoms. The van der Waals surface area contributed by atoms with Crippen molar-refractivity contribution in [2.75, 3.05) is 32.8 Å². The Kier molecular flexibility index (Phi) is 6.09. The fourth-order valence-corrected chi connectivity index (χ4v) is 7.36. The lowest BCUT2D eigenvalue weighted by atomic mass is 10.2. The van der Waals surface area contributed by atoms with Crippen LogP contribution in [0, 0.1) is 0 Å². The molecule has 3 aromatic rings. The average molecular weight is 512 g/mol. The molecule has 3 aliphatic rings. The van der Waals surface area contributed by atoms with E-state index in [9.17, 15) is 8.42 Å². The molecule has 1 atom stereocenters. The zero-order valence-corrected chi connectivity index (χ0v) is 21.7. The highest BCUT2D eigenvalue weighted by Gasteiger charge is 2.37. The number of rotatable bonds is 6. The first-order valence-electron chi connectivity index (χ1n) is 12.9. The summed E-state index contributed by atoms with van der Waals surface area (Å²) in [6.07, 6.45) is 7.70. The number of nitrogens with zero attached hydrogens (tertiary/aromatic N) is 7. The minimum absolute atomic E-state index is 0.0270. The molecule has 0 N–H and O–H groups in total. The third-order valence-corrected chi connectivity index (χ3v) is 9.39. The number of aromatic nitrogens is 5. The van der Waals surface area contributed by atoms with Crippen LogP contribution in [0.2, 0.25) is 0 Å². The first-order chi connectivity index (χ1) is 17.4. The third kappa shape index (κ3) is 4.12. The van der Waals surface area contributed by atoms with Crippen molar-refractivity contribution in [1.29, 1.82) is 0 Å². The number of imidazole rings is 1. The standard InChI is InChI=1S/C25H33N7O3S/c1-18(2)32-25(26-17-27-32)22-16-30-12-13-35-23-8-7-20(14-21(23)24(30)28-22)36(33,34)31-11-5-6-19(31)15-29-9-3-4-10-29/h7-8,14,16-19H,3-6,9-13,15H2,1-2H3. The summed E-state index contributed by atoms with van der Waals surface area (Å²) in [6, 6.07) is 5.35. The number of likely N-dealkylation sites (tertiary alicyclic amines) is 1. The van der Waals surface area contributed by atoms with E-state index in [1.165, 1.54) is 19.2 Å². The molecular formula is C25H33N7O3S. The number of fused-ring (bicyclic) bond motifs is 3. The lowest BCUT2D eigenvalue weighted by molar-refractivity contribution is 0.257. The van der Waals surface area contributed by atoms with Crippen molar-refractivity contribution in [3.63, 3.8) is 0 Å². The smallest absolute Gasteiger partial charge is 0.243 e. The first kappa shape index (κ1) is 23.6. The van der Waals surface area contributed by atoms with Crippen LogP contribution in [0.15, 0.2) is 35.6 Å². The van der Waals surface area contributed by atoms with Crippen molar-refractivity contribution >= 4 is 10.0 Å². The van der Waals surface area contributed by atoms with Gasteiger partial charge in [-0.25, -0.2) is 23.1 Å². The second-order valence-electron chi connectivity index (χ2n) is 10.2. The normalized spacial score (nSPS) is 20.9. The minimum Gasteiger partial charge on any atom is -0.491 e. The van der Waals surface area contributed by atoms with Gasteiger partial charge in [-0.05, 0) is 70.8 Å². The summed E-state index contributed by atoms with van der Waals surface area (Å²) >= 11 is 0. The van der Waals surface area contributed by atoms with E-state index >= 15 is 0 Å². The summed E-state index contributed by atoms with van der Waals surface area (Å²) in [7, 11) is -3.64. The quantitative estimate of drug-likeness (QED) is 0.502. The molecule has 3 aliphatic heterocycles. The second kappa shape index (κ2) is 9.28. The van der Waals surface area contributed by atoms with Crippen molar-refractivity contribution in [1.82, 2.24) is 33.5 Å². The van der Waals surface area contributed by atoms with Crippen molar-refractivity contribution in [2.45, 2.75) is 63.1 Å². The molecule has 2 saturated heterocycles. The lowest BCUT2D eigenvalue weighted by Gasteiger charge is -2.28. The predicted octanol–water partition coefficient (Wildman–Crippen LogP) is 3.03. The van der Waals surface area contributed by atoms with Gasteiger partial charge in [0.1, 0.15) is 30.2 Å². The molecule has 1 unspecified atom stereocenters. The molecule has 0 amide bonds. The van der Waals surface area contributed by atoms with Crippen molar-refractivity contribution in [3.05, 3.63) is 30.7 Å². The minimum atomic E-state index is -3.64. The summed E-state index contributed by atoms with van der Waals surface area (Å²) in [5.74, 6) is 2.02. The van der Waals surface area contributed by atoms with Crippen molar-refractivity contribution < 1.29 is 13.2 Å². The van der Waals surface area contributed by atoms with Gasteiger partial charge in [0.25, 0.3) is 0 Å². The summed E-state index contributed by atoms with van der Waals surface area (Å²) in [5, 5.41) is 4.34. The van der Waals surface area contributed by atoms with Crippen LogP contribution in [-0.2, 0) is 16.6 Å². The molecule has 2 aromatic heterocycles. The van der Waals surface area contributed by atoms with Crippen LogP contribution >= 0.6 is 0 Å². The van der Waals surface area contributed by atoms with E-state index in [0.717, 1.165) is 32.5 Å². The molecule has 11 heteroatoms. The Morgan fingerprint density at radius 1 is 1.08 bits per heavy atom. The molecule has 0 saturated carbocycles. The summed E-state index contributed by atoms with van der Waals surface area (Å²) in [5.41, 5.74) is 1.40. The number of benzene rings is 1. The lowest BCUT2D eigenvalue weighted by Crippen LogP contribution is -2.42. The van der Waals surface area contributed by atoms with Gasteiger partial charge in [-0.1, -0.05) is 0 Å². The largest absolute Gasteiger partial charge is 0.491 e. The van der Waals surface area contributed by atoms with Gasteiger partial charge in [-0.15, -0.1) is 0 Å². The van der Waals surface area contributed by atoms with Gasteiger partial charge >= 0.3 is 0 Å². The summed E-state index contributed by atoms with van der Waals surface area (Å²) < 4.78 is 39.2. The first-order valence-corrected chi connectivity index (χ1v) is 14.3. The fraction of sp³-hybridized carbons (Fsp3) is 0.560. The Balaban J connectivity index is 1.36. The molecule has 6 rings (SSSR count). The number of ether oxygens (including phenoxy) is 1. The second-order valence-corrected chi connectivity index (χ2v) is 12.1. The maximum Gasteiger partial charge on any atom is 0.243 e. The monoisotopic (exact) mass is 511 g/mol. The highest BCUT2D eigenvalue weighted by molar-refractivity contribution is 7.89. The number of hydrogen-bond donors (Lipinski definition) is 0. The average Bonchev–Trinajstić information content (AvgIpc) is 3.65. The van der Waals surface area contributed by atoms with Crippen LogP contribution < -0.4 is 4.74 Å². The van der Waals surface area contributed by atoms with E-state index in [1.807, 2.05) is 15.4 Å². The van der Waals surface area contributed by atoms with Gasteiger partial charge in [0.05, 0.1) is 17.0 Å². The van der Waals surface area contributed by atoms with E-state index in [-0.39, 0.29) is 12.1 Å². The maximum atomic E-state index is 13.8. The molecule has 1 aromatic carbocycles. The molecular weight excluding hydrogens is 478 g/mol. The molecule has 0 radical (unpaired) electrons. The van der Waals surface area contributed by atoms with Crippen LogP contribution in [0.3, 0.4) is 0 Å². The van der Waals surface area contributed by atoms with Crippen LogP contribution in [0.1, 0.15) is 45.6 Å². The number of hydrogen-bond acceptors (Lipinski definition) is 7. The molecule has 36 heavy (non-hydrogen) atoms. The molecule has 0 bridgehead atoms. The molecule has 192 valence electrons. The molecule has 0 aliphatic carbocycles. The maximum absolute atomic E-state index is 13.8. The van der Waals surface area contributed by atoms with Crippen LogP contribution in [-0.4, -0.2) is 80.8 Å². The summed E-state index contributed by atoms with van der Waals surface area (Å²) in [4.78, 5) is 12.0. The van der Waals surface area contributed by atoms with Crippen LogP contribution in [0.5, 0.6) is 5.75 Å². The predicted molar refractivity (Wildman–Crippen MR) is 135 cm³/mol. The van der Waals surface area contributed by atoms with Crippen LogP contribution in [0.25, 0.3) is 22.9 Å². The van der Waals surface area contributed by atoms with Crippen molar-refractivity contribution in [3.8, 4) is 28.7 Å². The Bertz CT molecular complexity index is 1360. The Labute approximate surface area is 211 Å². The fourth-order valence-electron chi connectivity index (χ4n) is 5.65. The van der Waals surface area contributed by atoms with E-state index in [2.05, 4.69) is 28.8 Å². The summed E-state index contributed by atoms with van der Waals surface area (Å²) in [6.45, 7) is 8.70. The number of sulfonamides is 1. The van der Waals surface area contributed by atoms with E-state index in [0.29, 0.717) is 53.2 Å². The van der Waals surface area contributed by atoms with E-state index in [4.69, 9.17) is 9.72 Å². The van der Waals surface area contributed by atoms with Gasteiger partial charge in [0, 0.05) is 31.4 Å². The van der Waals surface area contributed by atoms with Gasteiger partial charge in [0.2, 0.25) is 10.0 Å². The highest BCUT2D eigenvalue weighted by atomic mass is 32.2. The Hall–Kier alpha value is -2.76. The topological polar surface area (TPSA) is 98.4 Å². The zero-order chi connectivity index (χ0) is 24.9. The molecule has 2 fully saturated rings. The molecule has 10 nitrogen and oxygen atoms in total. The van der Waals surface area contributed by atoms with Crippen LogP contribution in [0.4, 0.5) is 0 Å². The zero-order valence-electron chi connectivity index (χ0n) is 20.9. The van der Waals surface area contributed by atoms with E-state index in [1.54, 1.807) is 22.5 Å². The molecule has 5 heterocycles.